The molecule has 1 aromatic heterocycles. The summed E-state index contributed by atoms with van der Waals surface area (Å²) < 4.78 is 0. The zero-order valence-corrected chi connectivity index (χ0v) is 13.4. The zero-order valence-electron chi connectivity index (χ0n) is 11.0. The summed E-state index contributed by atoms with van der Waals surface area (Å²) >= 11 is 0. The van der Waals surface area contributed by atoms with Gasteiger partial charge in [0.15, 0.2) is 0 Å². The summed E-state index contributed by atoms with van der Waals surface area (Å²) in [7, 11) is 0. The van der Waals surface area contributed by atoms with Crippen LogP contribution in [0.1, 0.15) is 26.3 Å². The van der Waals surface area contributed by atoms with Crippen molar-refractivity contribution in [1.82, 2.24) is 4.98 Å². The van der Waals surface area contributed by atoms with Gasteiger partial charge in [0.25, 0.3) is 0 Å². The van der Waals surface area contributed by atoms with Gasteiger partial charge in [0.1, 0.15) is 0 Å². The molecule has 0 spiro atoms. The molecule has 0 N–H and O–H groups in total. The van der Waals surface area contributed by atoms with Gasteiger partial charge in [0.2, 0.25) is 0 Å². The molecule has 0 saturated carbocycles. The first-order valence-electron chi connectivity index (χ1n) is 5.97. The molecule has 0 aliphatic rings. The van der Waals surface area contributed by atoms with Gasteiger partial charge in [0, 0.05) is 26.3 Å². The van der Waals surface area contributed by atoms with Crippen molar-refractivity contribution >= 4 is 0 Å². The third kappa shape index (κ3) is 4.36. The molecule has 1 nitrogen and oxygen atoms in total. The maximum Gasteiger partial charge on any atom is 0.0163 e. The van der Waals surface area contributed by atoms with Crippen LogP contribution in [0.15, 0.2) is 42.6 Å². The first kappa shape index (κ1) is 15.1. The summed E-state index contributed by atoms with van der Waals surface area (Å²) in [6.45, 7) is 6.76. The van der Waals surface area contributed by atoms with Crippen molar-refractivity contribution in [2.45, 2.75) is 27.2 Å². The molecule has 0 bridgehead atoms. The Morgan fingerprint density at radius 3 is 2.56 bits per heavy atom. The third-order valence-electron chi connectivity index (χ3n) is 2.54. The molecule has 1 aromatic carbocycles. The molecule has 1 heterocycles. The molecular formula is C16H18IrN-. The molecule has 2 heteroatoms. The number of hydrogen-bond donors (Lipinski definition) is 0. The summed E-state index contributed by atoms with van der Waals surface area (Å²) in [4.78, 5) is 4.41. The minimum Gasteiger partial charge on any atom is -0.305 e. The van der Waals surface area contributed by atoms with Crippen molar-refractivity contribution in [2.75, 3.05) is 0 Å². The Bertz CT molecular complexity index is 486. The van der Waals surface area contributed by atoms with E-state index < -0.39 is 0 Å². The van der Waals surface area contributed by atoms with E-state index in [-0.39, 0.29) is 20.1 Å². The molecule has 0 fully saturated rings. The molecule has 0 amide bonds. The molecule has 0 saturated heterocycles. The summed E-state index contributed by atoms with van der Waals surface area (Å²) in [6.07, 6.45) is 2.95. The van der Waals surface area contributed by atoms with Crippen molar-refractivity contribution in [3.05, 3.63) is 54.2 Å². The van der Waals surface area contributed by atoms with Crippen LogP contribution in [0.4, 0.5) is 0 Å². The molecule has 1 radical (unpaired) electrons. The van der Waals surface area contributed by atoms with Crippen LogP contribution in [0, 0.1) is 11.5 Å². The Morgan fingerprint density at radius 2 is 1.94 bits per heavy atom. The normalized spacial score (nSPS) is 10.8. The van der Waals surface area contributed by atoms with E-state index in [0.717, 1.165) is 17.7 Å². The summed E-state index contributed by atoms with van der Waals surface area (Å²) in [5.74, 6) is 0. The number of hydrogen-bond acceptors (Lipinski definition) is 1. The molecule has 0 aliphatic carbocycles. The van der Waals surface area contributed by atoms with Crippen LogP contribution in [-0.4, -0.2) is 4.98 Å². The van der Waals surface area contributed by atoms with Gasteiger partial charge in [-0.15, -0.1) is 35.9 Å². The van der Waals surface area contributed by atoms with Gasteiger partial charge in [-0.1, -0.05) is 32.4 Å². The average Bonchev–Trinajstić information content (AvgIpc) is 2.28. The fourth-order valence-electron chi connectivity index (χ4n) is 1.90. The van der Waals surface area contributed by atoms with Gasteiger partial charge in [0.05, 0.1) is 0 Å². The molecule has 97 valence electrons. The first-order chi connectivity index (χ1) is 8.04. The van der Waals surface area contributed by atoms with Crippen molar-refractivity contribution < 1.29 is 20.1 Å². The van der Waals surface area contributed by atoms with Crippen LogP contribution in [-0.2, 0) is 26.5 Å². The number of pyridine rings is 1. The largest absolute Gasteiger partial charge is 0.305 e. The van der Waals surface area contributed by atoms with E-state index in [1.807, 2.05) is 30.5 Å². The number of benzene rings is 1. The van der Waals surface area contributed by atoms with E-state index in [2.05, 4.69) is 44.0 Å². The Morgan fingerprint density at radius 1 is 1.17 bits per heavy atom. The maximum absolute atomic E-state index is 4.41. The quantitative estimate of drug-likeness (QED) is 0.671. The Balaban J connectivity index is 0.00000162. The molecule has 0 aliphatic heterocycles. The van der Waals surface area contributed by atoms with Crippen molar-refractivity contribution in [1.29, 1.82) is 0 Å². The van der Waals surface area contributed by atoms with Crippen LogP contribution >= 0.6 is 0 Å². The van der Waals surface area contributed by atoms with Gasteiger partial charge in [-0.3, -0.25) is 0 Å². The summed E-state index contributed by atoms with van der Waals surface area (Å²) in [5.41, 5.74) is 3.70. The standard InChI is InChI=1S/C16H18N.Ir/c1-16(2,3)12-13-9-10-17-15(11-13)14-7-5-4-6-8-14;/h4-7,9-11H,12H2,1-3H3;/q-1;. The second kappa shape index (κ2) is 6.26. The van der Waals surface area contributed by atoms with Crippen molar-refractivity contribution in [3.8, 4) is 11.3 Å². The van der Waals surface area contributed by atoms with Gasteiger partial charge in [-0.2, -0.15) is 0 Å². The predicted molar refractivity (Wildman–Crippen MR) is 71.7 cm³/mol. The van der Waals surface area contributed by atoms with Gasteiger partial charge >= 0.3 is 0 Å². The Kier molecular flexibility index (Phi) is 5.25. The smallest absolute Gasteiger partial charge is 0.0163 e. The minimum atomic E-state index is 0. The second-order valence-electron chi connectivity index (χ2n) is 5.56. The zero-order chi connectivity index (χ0) is 12.3. The third-order valence-corrected chi connectivity index (χ3v) is 2.54. The van der Waals surface area contributed by atoms with Gasteiger partial charge in [-0.05, 0) is 23.6 Å². The summed E-state index contributed by atoms with van der Waals surface area (Å²) in [6, 6.07) is 15.4. The first-order valence-corrected chi connectivity index (χ1v) is 5.97. The van der Waals surface area contributed by atoms with E-state index in [1.165, 1.54) is 5.56 Å². The monoisotopic (exact) mass is 417 g/mol. The number of rotatable bonds is 2. The van der Waals surface area contributed by atoms with Crippen LogP contribution in [0.25, 0.3) is 11.3 Å². The SMILES string of the molecule is CC(C)(C)Cc1ccnc(-c2[c-]cccc2)c1.[Ir]. The minimum absolute atomic E-state index is 0. The number of nitrogens with zero attached hydrogens (tertiary/aromatic N) is 1. The maximum atomic E-state index is 4.41. The van der Waals surface area contributed by atoms with Gasteiger partial charge in [-0.25, -0.2) is 0 Å². The van der Waals surface area contributed by atoms with E-state index in [9.17, 15) is 0 Å². The Labute approximate surface area is 123 Å². The molecule has 2 aromatic rings. The predicted octanol–water partition coefficient (Wildman–Crippen LogP) is 4.13. The van der Waals surface area contributed by atoms with E-state index >= 15 is 0 Å². The topological polar surface area (TPSA) is 12.9 Å². The van der Waals surface area contributed by atoms with Crippen LogP contribution < -0.4 is 0 Å². The van der Waals surface area contributed by atoms with Crippen LogP contribution in [0.3, 0.4) is 0 Å². The second-order valence-corrected chi connectivity index (χ2v) is 5.56. The van der Waals surface area contributed by atoms with Crippen LogP contribution in [0.5, 0.6) is 0 Å². The summed E-state index contributed by atoms with van der Waals surface area (Å²) in [5, 5.41) is 0. The molecule has 0 atom stereocenters. The molecule has 2 rings (SSSR count). The molecule has 0 unspecified atom stereocenters. The fraction of sp³-hybridized carbons (Fsp3) is 0.312. The van der Waals surface area contributed by atoms with Gasteiger partial charge < -0.3 is 4.98 Å². The van der Waals surface area contributed by atoms with Crippen molar-refractivity contribution in [3.63, 3.8) is 0 Å². The molecule has 18 heavy (non-hydrogen) atoms. The van der Waals surface area contributed by atoms with E-state index in [4.69, 9.17) is 0 Å². The fourth-order valence-corrected chi connectivity index (χ4v) is 1.90. The van der Waals surface area contributed by atoms with E-state index in [0.29, 0.717) is 5.41 Å². The Hall–Kier alpha value is -0.981. The number of aromatic nitrogens is 1. The van der Waals surface area contributed by atoms with E-state index in [1.54, 1.807) is 0 Å². The van der Waals surface area contributed by atoms with Crippen molar-refractivity contribution in [2.24, 2.45) is 5.41 Å². The molecular weight excluding hydrogens is 398 g/mol. The van der Waals surface area contributed by atoms with Crippen LogP contribution in [0.2, 0.25) is 0 Å². The average molecular weight is 417 g/mol.